The van der Waals surface area contributed by atoms with Gasteiger partial charge in [-0.1, -0.05) is 12.1 Å². The Balaban J connectivity index is 1.57. The lowest BCUT2D eigenvalue weighted by molar-refractivity contribution is -0.402. The van der Waals surface area contributed by atoms with Crippen molar-refractivity contribution in [3.05, 3.63) is 52.3 Å². The molecule has 1 amide bonds. The molecule has 0 unspecified atom stereocenters. The zero-order valence-electron chi connectivity index (χ0n) is 11.7. The van der Waals surface area contributed by atoms with Crippen molar-refractivity contribution in [2.24, 2.45) is 5.10 Å². The van der Waals surface area contributed by atoms with Crippen LogP contribution in [0.5, 0.6) is 11.5 Å². The number of carbonyl (C=O) groups is 1. The Labute approximate surface area is 129 Å². The number of nitro groups is 1. The number of hydrazone groups is 1. The molecule has 0 radical (unpaired) electrons. The molecule has 2 aromatic rings. The first-order valence-corrected chi connectivity index (χ1v) is 6.59. The summed E-state index contributed by atoms with van der Waals surface area (Å²) in [7, 11) is 0. The highest BCUT2D eigenvalue weighted by Crippen LogP contribution is 2.30. The molecule has 1 atom stereocenters. The van der Waals surface area contributed by atoms with Crippen LogP contribution < -0.4 is 14.9 Å². The van der Waals surface area contributed by atoms with Gasteiger partial charge >= 0.3 is 5.88 Å². The van der Waals surface area contributed by atoms with Crippen molar-refractivity contribution in [1.29, 1.82) is 0 Å². The molecule has 118 valence electrons. The molecule has 9 heteroatoms. The van der Waals surface area contributed by atoms with Crippen molar-refractivity contribution in [2.45, 2.75) is 6.10 Å². The van der Waals surface area contributed by atoms with E-state index in [0.29, 0.717) is 11.5 Å². The van der Waals surface area contributed by atoms with Crippen LogP contribution in [0.15, 0.2) is 45.9 Å². The van der Waals surface area contributed by atoms with Crippen LogP contribution in [0.3, 0.4) is 0 Å². The number of benzene rings is 1. The molecule has 1 aliphatic heterocycles. The number of hydrogen-bond donors (Lipinski definition) is 1. The number of furan rings is 1. The molecule has 0 aliphatic carbocycles. The lowest BCUT2D eigenvalue weighted by Gasteiger charge is -2.24. The van der Waals surface area contributed by atoms with E-state index >= 15 is 0 Å². The third-order valence-electron chi connectivity index (χ3n) is 2.96. The fraction of sp³-hybridized carbons (Fsp3) is 0.143. The number of nitrogens with zero attached hydrogens (tertiary/aromatic N) is 2. The van der Waals surface area contributed by atoms with E-state index in [1.54, 1.807) is 24.3 Å². The summed E-state index contributed by atoms with van der Waals surface area (Å²) in [6.45, 7) is 0.0601. The number of hydrogen-bond acceptors (Lipinski definition) is 7. The summed E-state index contributed by atoms with van der Waals surface area (Å²) in [5.74, 6) is 0.283. The van der Waals surface area contributed by atoms with Gasteiger partial charge in [-0.25, -0.2) is 5.43 Å². The van der Waals surface area contributed by atoms with Crippen molar-refractivity contribution in [2.75, 3.05) is 6.61 Å². The Morgan fingerprint density at radius 2 is 2.09 bits per heavy atom. The van der Waals surface area contributed by atoms with Crippen LogP contribution in [-0.2, 0) is 4.79 Å². The number of para-hydroxylation sites is 2. The third kappa shape index (κ3) is 3.28. The summed E-state index contributed by atoms with van der Waals surface area (Å²) in [6.07, 6.45) is 0.315. The van der Waals surface area contributed by atoms with Gasteiger partial charge in [-0.2, -0.15) is 5.10 Å². The van der Waals surface area contributed by atoms with Crippen molar-refractivity contribution >= 4 is 18.0 Å². The number of carbonyl (C=O) groups excluding carboxylic acids is 1. The maximum absolute atomic E-state index is 11.9. The van der Waals surface area contributed by atoms with Gasteiger partial charge in [0, 0.05) is 0 Å². The summed E-state index contributed by atoms with van der Waals surface area (Å²) >= 11 is 0. The second-order valence-corrected chi connectivity index (χ2v) is 4.53. The smallest absolute Gasteiger partial charge is 0.433 e. The molecule has 0 spiro atoms. The van der Waals surface area contributed by atoms with Gasteiger partial charge in [-0.05, 0) is 18.2 Å². The maximum atomic E-state index is 11.9. The quantitative estimate of drug-likeness (QED) is 0.518. The normalized spacial score (nSPS) is 16.3. The topological polar surface area (TPSA) is 116 Å². The van der Waals surface area contributed by atoms with Gasteiger partial charge in [-0.3, -0.25) is 14.9 Å². The molecule has 0 fully saturated rings. The number of nitrogens with one attached hydrogen (secondary N) is 1. The Hall–Kier alpha value is -3.36. The molecule has 9 nitrogen and oxygen atoms in total. The molecular formula is C14H11N3O6. The fourth-order valence-corrected chi connectivity index (χ4v) is 1.89. The molecule has 0 saturated carbocycles. The van der Waals surface area contributed by atoms with Gasteiger partial charge < -0.3 is 13.9 Å². The first-order valence-electron chi connectivity index (χ1n) is 6.59. The molecule has 2 heterocycles. The van der Waals surface area contributed by atoms with E-state index in [0.717, 1.165) is 6.21 Å². The SMILES string of the molecule is O=C(N/N=C\c1ccc([N+](=O)[O-])o1)[C@H]1COc2ccccc2O1. The lowest BCUT2D eigenvalue weighted by Crippen LogP contribution is -2.42. The monoisotopic (exact) mass is 317 g/mol. The van der Waals surface area contributed by atoms with E-state index in [-0.39, 0.29) is 12.4 Å². The Morgan fingerprint density at radius 1 is 1.30 bits per heavy atom. The van der Waals surface area contributed by atoms with Crippen LogP contribution in [0.1, 0.15) is 5.76 Å². The zero-order valence-corrected chi connectivity index (χ0v) is 11.7. The van der Waals surface area contributed by atoms with E-state index in [1.165, 1.54) is 12.1 Å². The van der Waals surface area contributed by atoms with Gasteiger partial charge in [0.05, 0.1) is 12.3 Å². The van der Waals surface area contributed by atoms with Crippen molar-refractivity contribution in [3.8, 4) is 11.5 Å². The molecule has 1 aliphatic rings. The van der Waals surface area contributed by atoms with E-state index in [4.69, 9.17) is 13.9 Å². The number of amides is 1. The number of ether oxygens (including phenoxy) is 2. The van der Waals surface area contributed by atoms with Crippen LogP contribution in [-0.4, -0.2) is 29.8 Å². The largest absolute Gasteiger partial charge is 0.485 e. The minimum Gasteiger partial charge on any atom is -0.485 e. The summed E-state index contributed by atoms with van der Waals surface area (Å²) in [5, 5.41) is 14.1. The molecule has 1 aromatic heterocycles. The second-order valence-electron chi connectivity index (χ2n) is 4.53. The first-order chi connectivity index (χ1) is 11.1. The Bertz CT molecular complexity index is 769. The van der Waals surface area contributed by atoms with Gasteiger partial charge in [0.2, 0.25) is 6.10 Å². The van der Waals surface area contributed by atoms with Crippen LogP contribution in [0.2, 0.25) is 0 Å². The molecular weight excluding hydrogens is 306 g/mol. The summed E-state index contributed by atoms with van der Waals surface area (Å²) in [5.41, 5.74) is 2.27. The van der Waals surface area contributed by atoms with E-state index in [9.17, 15) is 14.9 Å². The van der Waals surface area contributed by atoms with E-state index in [2.05, 4.69) is 10.5 Å². The van der Waals surface area contributed by atoms with E-state index < -0.39 is 22.8 Å². The van der Waals surface area contributed by atoms with Crippen molar-refractivity contribution < 1.29 is 23.6 Å². The average molecular weight is 317 g/mol. The molecule has 1 N–H and O–H groups in total. The second kappa shape index (κ2) is 6.18. The third-order valence-corrected chi connectivity index (χ3v) is 2.96. The van der Waals surface area contributed by atoms with Crippen molar-refractivity contribution in [1.82, 2.24) is 5.43 Å². The Morgan fingerprint density at radius 3 is 2.83 bits per heavy atom. The van der Waals surface area contributed by atoms with Gasteiger partial charge in [0.1, 0.15) is 11.5 Å². The fourth-order valence-electron chi connectivity index (χ4n) is 1.89. The maximum Gasteiger partial charge on any atom is 0.433 e. The predicted octanol–water partition coefficient (Wildman–Crippen LogP) is 1.48. The zero-order chi connectivity index (χ0) is 16.2. The highest BCUT2D eigenvalue weighted by Gasteiger charge is 2.27. The molecule has 3 rings (SSSR count). The standard InChI is InChI=1S/C14H11N3O6/c18-14(12-8-21-10-3-1-2-4-11(10)23-12)16-15-7-9-5-6-13(22-9)17(19)20/h1-7,12H,8H2,(H,16,18)/b15-7-/t12-/m1/s1. The molecule has 0 bridgehead atoms. The lowest BCUT2D eigenvalue weighted by atomic mass is 10.2. The average Bonchev–Trinajstić information content (AvgIpc) is 3.03. The molecule has 23 heavy (non-hydrogen) atoms. The van der Waals surface area contributed by atoms with Gasteiger partial charge in [0.25, 0.3) is 5.91 Å². The number of fused-ring (bicyclic) bond motifs is 1. The summed E-state index contributed by atoms with van der Waals surface area (Å²) < 4.78 is 15.8. The molecule has 0 saturated heterocycles. The van der Waals surface area contributed by atoms with Crippen LogP contribution in [0.25, 0.3) is 0 Å². The van der Waals surface area contributed by atoms with Gasteiger partial charge in [-0.15, -0.1) is 0 Å². The first kappa shape index (κ1) is 14.6. The van der Waals surface area contributed by atoms with Gasteiger partial charge in [0.15, 0.2) is 17.3 Å². The van der Waals surface area contributed by atoms with Crippen molar-refractivity contribution in [3.63, 3.8) is 0 Å². The number of rotatable bonds is 4. The minimum atomic E-state index is -0.840. The van der Waals surface area contributed by atoms with Crippen LogP contribution in [0, 0.1) is 10.1 Å². The minimum absolute atomic E-state index is 0.0601. The molecule has 1 aromatic carbocycles. The predicted molar refractivity (Wildman–Crippen MR) is 77.5 cm³/mol. The Kier molecular flexibility index (Phi) is 3.91. The highest BCUT2D eigenvalue weighted by molar-refractivity contribution is 5.84. The van der Waals surface area contributed by atoms with Crippen LogP contribution >= 0.6 is 0 Å². The summed E-state index contributed by atoms with van der Waals surface area (Å²) in [4.78, 5) is 21.7. The highest BCUT2D eigenvalue weighted by atomic mass is 16.6. The van der Waals surface area contributed by atoms with Crippen LogP contribution in [0.4, 0.5) is 5.88 Å². The van der Waals surface area contributed by atoms with E-state index in [1.807, 2.05) is 0 Å². The summed E-state index contributed by atoms with van der Waals surface area (Å²) in [6, 6.07) is 9.56.